The minimum Gasteiger partial charge on any atom is -0.438 e. The van der Waals surface area contributed by atoms with E-state index in [-0.39, 0.29) is 12.5 Å². The van der Waals surface area contributed by atoms with Crippen LogP contribution in [0.25, 0.3) is 0 Å². The van der Waals surface area contributed by atoms with Gasteiger partial charge in [-0.05, 0) is 60.0 Å². The number of ether oxygens (including phenoxy) is 1. The Morgan fingerprint density at radius 1 is 0.875 bits per heavy atom. The van der Waals surface area contributed by atoms with Crippen LogP contribution in [0.5, 0.6) is 0 Å². The Morgan fingerprint density at radius 2 is 1.60 bits per heavy atom. The van der Waals surface area contributed by atoms with Gasteiger partial charge in [0.15, 0.2) is 12.1 Å². The molecule has 1 saturated heterocycles. The third-order valence-electron chi connectivity index (χ3n) is 6.72. The first-order chi connectivity index (χ1) is 19.4. The van der Waals surface area contributed by atoms with Crippen LogP contribution in [0.4, 0.5) is 14.9 Å². The number of carbonyl (C=O) groups is 3. The van der Waals surface area contributed by atoms with Crippen molar-refractivity contribution in [3.63, 3.8) is 0 Å². The molecule has 1 aliphatic heterocycles. The quantitative estimate of drug-likeness (QED) is 0.299. The van der Waals surface area contributed by atoms with Crippen molar-refractivity contribution in [3.05, 3.63) is 137 Å². The van der Waals surface area contributed by atoms with Gasteiger partial charge in [-0.2, -0.15) is 0 Å². The van der Waals surface area contributed by atoms with Gasteiger partial charge in [-0.3, -0.25) is 14.5 Å². The first kappa shape index (κ1) is 26.6. The Labute approximate surface area is 231 Å². The van der Waals surface area contributed by atoms with Gasteiger partial charge >= 0.3 is 6.09 Å². The second-order valence-electron chi connectivity index (χ2n) is 9.65. The summed E-state index contributed by atoms with van der Waals surface area (Å²) in [6.45, 7) is 2.47. The zero-order chi connectivity index (χ0) is 28.1. The SMILES string of the molecule is Cc1ccc(CN2C(=O)O[C@@H](c3cccc(NC(=O)c4ccc(F)cc4)c3)[C@@H]2C(=O)NCc2ccccc2)cc1. The lowest BCUT2D eigenvalue weighted by Gasteiger charge is -2.24. The van der Waals surface area contributed by atoms with E-state index in [0.29, 0.717) is 23.4 Å². The molecule has 202 valence electrons. The van der Waals surface area contributed by atoms with Crippen LogP contribution in [0.2, 0.25) is 0 Å². The Bertz CT molecular complexity index is 1510. The maximum Gasteiger partial charge on any atom is 0.411 e. The van der Waals surface area contributed by atoms with Gasteiger partial charge in [0.2, 0.25) is 5.91 Å². The summed E-state index contributed by atoms with van der Waals surface area (Å²) in [6.07, 6.45) is -1.51. The van der Waals surface area contributed by atoms with Crippen LogP contribution in [0.3, 0.4) is 0 Å². The lowest BCUT2D eigenvalue weighted by atomic mass is 9.99. The van der Waals surface area contributed by atoms with Gasteiger partial charge in [0, 0.05) is 17.8 Å². The van der Waals surface area contributed by atoms with Crippen LogP contribution in [0.15, 0.2) is 103 Å². The normalized spacial score (nSPS) is 16.4. The van der Waals surface area contributed by atoms with Crippen molar-refractivity contribution in [2.45, 2.75) is 32.2 Å². The molecule has 4 aromatic rings. The second kappa shape index (κ2) is 11.8. The largest absolute Gasteiger partial charge is 0.438 e. The maximum atomic E-state index is 13.6. The highest BCUT2D eigenvalue weighted by atomic mass is 19.1. The number of aryl methyl sites for hydroxylation is 1. The zero-order valence-corrected chi connectivity index (χ0v) is 21.8. The van der Waals surface area contributed by atoms with E-state index in [4.69, 9.17) is 4.74 Å². The number of nitrogens with zero attached hydrogens (tertiary/aromatic N) is 1. The number of amides is 3. The molecule has 2 atom stereocenters. The highest BCUT2D eigenvalue weighted by Gasteiger charge is 2.47. The number of benzene rings is 4. The molecule has 1 heterocycles. The van der Waals surface area contributed by atoms with Gasteiger partial charge in [0.1, 0.15) is 5.82 Å². The summed E-state index contributed by atoms with van der Waals surface area (Å²) in [7, 11) is 0. The molecule has 0 unspecified atom stereocenters. The number of nitrogens with one attached hydrogen (secondary N) is 2. The first-order valence-corrected chi connectivity index (χ1v) is 12.9. The van der Waals surface area contributed by atoms with Crippen molar-refractivity contribution in [1.29, 1.82) is 0 Å². The van der Waals surface area contributed by atoms with E-state index < -0.39 is 30.0 Å². The summed E-state index contributed by atoms with van der Waals surface area (Å²) < 4.78 is 19.0. The number of rotatable bonds is 8. The van der Waals surface area contributed by atoms with Crippen LogP contribution in [0, 0.1) is 12.7 Å². The van der Waals surface area contributed by atoms with Gasteiger partial charge in [-0.1, -0.05) is 72.3 Å². The molecule has 5 rings (SSSR count). The van der Waals surface area contributed by atoms with Crippen LogP contribution < -0.4 is 10.6 Å². The molecule has 0 saturated carbocycles. The van der Waals surface area contributed by atoms with Crippen molar-refractivity contribution in [2.75, 3.05) is 5.32 Å². The zero-order valence-electron chi connectivity index (χ0n) is 21.8. The molecule has 2 N–H and O–H groups in total. The van der Waals surface area contributed by atoms with Gasteiger partial charge in [-0.15, -0.1) is 0 Å². The molecule has 1 fully saturated rings. The van der Waals surface area contributed by atoms with Crippen LogP contribution >= 0.6 is 0 Å². The van der Waals surface area contributed by atoms with E-state index in [1.165, 1.54) is 29.2 Å². The number of cyclic esters (lactones) is 1. The molecule has 1 aliphatic rings. The van der Waals surface area contributed by atoms with Gasteiger partial charge in [-0.25, -0.2) is 9.18 Å². The molecule has 4 aromatic carbocycles. The van der Waals surface area contributed by atoms with E-state index in [2.05, 4.69) is 10.6 Å². The fourth-order valence-electron chi connectivity index (χ4n) is 4.59. The van der Waals surface area contributed by atoms with E-state index in [9.17, 15) is 18.8 Å². The second-order valence-corrected chi connectivity index (χ2v) is 9.65. The Kier molecular flexibility index (Phi) is 7.87. The van der Waals surface area contributed by atoms with Crippen LogP contribution in [0.1, 0.15) is 38.7 Å². The molecular formula is C32H28FN3O4. The number of anilines is 1. The minimum atomic E-state index is -0.944. The van der Waals surface area contributed by atoms with Crippen molar-refractivity contribution < 1.29 is 23.5 Å². The Hall–Kier alpha value is -4.98. The smallest absolute Gasteiger partial charge is 0.411 e. The van der Waals surface area contributed by atoms with E-state index in [1.807, 2.05) is 61.5 Å². The molecule has 40 heavy (non-hydrogen) atoms. The molecule has 0 aliphatic carbocycles. The molecule has 0 radical (unpaired) electrons. The predicted molar refractivity (Wildman–Crippen MR) is 149 cm³/mol. The average molecular weight is 538 g/mol. The number of hydrogen-bond donors (Lipinski definition) is 2. The topological polar surface area (TPSA) is 87.7 Å². The number of halogens is 1. The van der Waals surface area contributed by atoms with Crippen molar-refractivity contribution in [2.24, 2.45) is 0 Å². The highest BCUT2D eigenvalue weighted by molar-refractivity contribution is 6.04. The highest BCUT2D eigenvalue weighted by Crippen LogP contribution is 2.35. The molecule has 0 aromatic heterocycles. The van der Waals surface area contributed by atoms with E-state index in [1.54, 1.807) is 24.3 Å². The summed E-state index contributed by atoms with van der Waals surface area (Å²) in [4.78, 5) is 40.8. The fourth-order valence-corrected chi connectivity index (χ4v) is 4.59. The summed E-state index contributed by atoms with van der Waals surface area (Å²) >= 11 is 0. The lowest BCUT2D eigenvalue weighted by molar-refractivity contribution is -0.126. The average Bonchev–Trinajstić information content (AvgIpc) is 3.29. The van der Waals surface area contributed by atoms with Crippen molar-refractivity contribution >= 4 is 23.6 Å². The minimum absolute atomic E-state index is 0.194. The monoisotopic (exact) mass is 537 g/mol. The summed E-state index contributed by atoms with van der Waals surface area (Å²) in [5, 5.41) is 5.73. The summed E-state index contributed by atoms with van der Waals surface area (Å²) in [6, 6.07) is 28.3. The van der Waals surface area contributed by atoms with Gasteiger partial charge < -0.3 is 15.4 Å². The molecular weight excluding hydrogens is 509 g/mol. The summed E-state index contributed by atoms with van der Waals surface area (Å²) in [5.74, 6) is -1.21. The molecule has 3 amide bonds. The third-order valence-corrected chi connectivity index (χ3v) is 6.72. The molecule has 7 nitrogen and oxygen atoms in total. The summed E-state index contributed by atoms with van der Waals surface area (Å²) in [5.41, 5.74) is 4.17. The molecule has 8 heteroatoms. The standard InChI is InChI=1S/C32H28FN3O4/c1-21-10-12-23(13-11-21)20-36-28(31(38)34-19-22-6-3-2-4-7-22)29(40-32(36)39)25-8-5-9-27(18-25)35-30(37)24-14-16-26(33)17-15-24/h2-18,28-29H,19-20H2,1H3,(H,34,38)(H,35,37)/t28-,29+/m1/s1. The number of hydrogen-bond acceptors (Lipinski definition) is 4. The number of carbonyl (C=O) groups excluding carboxylic acids is 3. The van der Waals surface area contributed by atoms with Crippen LogP contribution in [-0.2, 0) is 22.6 Å². The van der Waals surface area contributed by atoms with E-state index >= 15 is 0 Å². The Morgan fingerprint density at radius 3 is 2.33 bits per heavy atom. The fraction of sp³-hybridized carbons (Fsp3) is 0.156. The first-order valence-electron chi connectivity index (χ1n) is 12.9. The maximum absolute atomic E-state index is 13.6. The van der Waals surface area contributed by atoms with E-state index in [0.717, 1.165) is 16.7 Å². The molecule has 0 spiro atoms. The van der Waals surface area contributed by atoms with Crippen molar-refractivity contribution in [3.8, 4) is 0 Å². The van der Waals surface area contributed by atoms with Gasteiger partial charge in [0.25, 0.3) is 5.91 Å². The van der Waals surface area contributed by atoms with Crippen LogP contribution in [-0.4, -0.2) is 28.8 Å². The lowest BCUT2D eigenvalue weighted by Crippen LogP contribution is -2.46. The third kappa shape index (κ3) is 6.18. The predicted octanol–water partition coefficient (Wildman–Crippen LogP) is 5.76. The Balaban J connectivity index is 1.40. The van der Waals surface area contributed by atoms with Crippen molar-refractivity contribution in [1.82, 2.24) is 10.2 Å². The molecule has 0 bridgehead atoms. The van der Waals surface area contributed by atoms with Gasteiger partial charge in [0.05, 0.1) is 6.54 Å².